The van der Waals surface area contributed by atoms with Crippen molar-refractivity contribution in [2.24, 2.45) is 5.73 Å². The van der Waals surface area contributed by atoms with Gasteiger partial charge in [-0.3, -0.25) is 0 Å². The van der Waals surface area contributed by atoms with Crippen molar-refractivity contribution >= 4 is 11.6 Å². The average Bonchev–Trinajstić information content (AvgIpc) is 2.31. The molecule has 4 heteroatoms. The van der Waals surface area contributed by atoms with Gasteiger partial charge in [0.1, 0.15) is 17.3 Å². The van der Waals surface area contributed by atoms with E-state index in [-0.39, 0.29) is 5.82 Å². The number of rotatable bonds is 3. The van der Waals surface area contributed by atoms with E-state index in [9.17, 15) is 4.39 Å². The zero-order chi connectivity index (χ0) is 13.1. The molecular weight excluding hydrogens is 253 g/mol. The van der Waals surface area contributed by atoms with Gasteiger partial charge in [-0.05, 0) is 31.2 Å². The molecule has 0 radical (unpaired) electrons. The third-order valence-electron chi connectivity index (χ3n) is 2.52. The van der Waals surface area contributed by atoms with E-state index in [1.54, 1.807) is 43.3 Å². The van der Waals surface area contributed by atoms with E-state index in [1.165, 1.54) is 6.07 Å². The van der Waals surface area contributed by atoms with Crippen LogP contribution < -0.4 is 10.5 Å². The molecule has 0 aliphatic rings. The van der Waals surface area contributed by atoms with E-state index in [1.807, 2.05) is 0 Å². The lowest BCUT2D eigenvalue weighted by atomic mass is 10.1. The van der Waals surface area contributed by atoms with Crippen LogP contribution in [-0.2, 0) is 0 Å². The molecule has 2 N–H and O–H groups in total. The van der Waals surface area contributed by atoms with Gasteiger partial charge >= 0.3 is 0 Å². The van der Waals surface area contributed by atoms with Gasteiger partial charge in [0, 0.05) is 11.6 Å². The van der Waals surface area contributed by atoms with Crippen LogP contribution in [0.3, 0.4) is 0 Å². The van der Waals surface area contributed by atoms with Gasteiger partial charge in [0.05, 0.1) is 5.02 Å². The van der Waals surface area contributed by atoms with Crippen LogP contribution in [0.4, 0.5) is 4.39 Å². The van der Waals surface area contributed by atoms with E-state index in [4.69, 9.17) is 22.1 Å². The molecule has 2 rings (SSSR count). The van der Waals surface area contributed by atoms with Crippen LogP contribution in [0.5, 0.6) is 11.5 Å². The topological polar surface area (TPSA) is 35.2 Å². The number of nitrogens with two attached hydrogens (primary N) is 1. The second-order valence-corrected chi connectivity index (χ2v) is 4.38. The van der Waals surface area contributed by atoms with E-state index >= 15 is 0 Å². The third-order valence-corrected chi connectivity index (χ3v) is 2.84. The Bertz CT molecular complexity index is 557. The Morgan fingerprint density at radius 3 is 2.44 bits per heavy atom. The van der Waals surface area contributed by atoms with Crippen LogP contribution in [0.2, 0.25) is 5.02 Å². The van der Waals surface area contributed by atoms with E-state index in [0.29, 0.717) is 22.1 Å². The minimum absolute atomic E-state index is 0.345. The average molecular weight is 266 g/mol. The van der Waals surface area contributed by atoms with Gasteiger partial charge in [-0.2, -0.15) is 0 Å². The van der Waals surface area contributed by atoms with Crippen molar-refractivity contribution in [2.75, 3.05) is 0 Å². The van der Waals surface area contributed by atoms with Crippen molar-refractivity contribution in [2.45, 2.75) is 13.0 Å². The predicted octanol–water partition coefficient (Wildman–Crippen LogP) is 4.29. The van der Waals surface area contributed by atoms with Crippen molar-refractivity contribution in [1.82, 2.24) is 0 Å². The number of benzene rings is 2. The Hall–Kier alpha value is -1.58. The molecule has 0 bridgehead atoms. The molecule has 0 aliphatic heterocycles. The highest BCUT2D eigenvalue weighted by Crippen LogP contribution is 2.33. The first kappa shape index (κ1) is 12.9. The van der Waals surface area contributed by atoms with Crippen molar-refractivity contribution in [3.05, 3.63) is 58.9 Å². The van der Waals surface area contributed by atoms with Gasteiger partial charge in [0.25, 0.3) is 0 Å². The molecule has 0 fully saturated rings. The van der Waals surface area contributed by atoms with Crippen molar-refractivity contribution in [3.8, 4) is 11.5 Å². The highest BCUT2D eigenvalue weighted by molar-refractivity contribution is 6.32. The maximum Gasteiger partial charge on any atom is 0.146 e. The summed E-state index contributed by atoms with van der Waals surface area (Å²) >= 11 is 6.00. The minimum atomic E-state index is -0.455. The van der Waals surface area contributed by atoms with Crippen LogP contribution in [0.15, 0.2) is 42.5 Å². The zero-order valence-corrected chi connectivity index (χ0v) is 10.6. The summed E-state index contributed by atoms with van der Waals surface area (Å²) in [5.41, 5.74) is 6.10. The molecule has 18 heavy (non-hydrogen) atoms. The summed E-state index contributed by atoms with van der Waals surface area (Å²) in [7, 11) is 0. The lowest BCUT2D eigenvalue weighted by Crippen LogP contribution is -2.09. The Balaban J connectivity index is 2.41. The standard InChI is InChI=1S/C14H13ClFNO/c1-9(17)14-11(16)6-4-8-13(14)18-12-7-3-2-5-10(12)15/h2-9H,17H2,1H3/t9-/m0/s1. The molecule has 0 saturated heterocycles. The molecule has 2 aromatic carbocycles. The van der Waals surface area contributed by atoms with Crippen molar-refractivity contribution in [3.63, 3.8) is 0 Å². The summed E-state index contributed by atoms with van der Waals surface area (Å²) in [5, 5.41) is 0.470. The normalized spacial score (nSPS) is 12.2. The molecule has 2 nitrogen and oxygen atoms in total. The maximum atomic E-state index is 13.7. The molecule has 94 valence electrons. The molecule has 0 unspecified atom stereocenters. The predicted molar refractivity (Wildman–Crippen MR) is 70.5 cm³/mol. The number of hydrogen-bond donors (Lipinski definition) is 1. The summed E-state index contributed by atoms with van der Waals surface area (Å²) in [6, 6.07) is 11.2. The maximum absolute atomic E-state index is 13.7. The van der Waals surface area contributed by atoms with Gasteiger partial charge in [0.2, 0.25) is 0 Å². The third kappa shape index (κ3) is 2.63. The lowest BCUT2D eigenvalue weighted by molar-refractivity contribution is 0.461. The first-order valence-electron chi connectivity index (χ1n) is 5.56. The van der Waals surface area contributed by atoms with Crippen molar-refractivity contribution in [1.29, 1.82) is 0 Å². The number of para-hydroxylation sites is 1. The molecule has 0 heterocycles. The lowest BCUT2D eigenvalue weighted by Gasteiger charge is -2.15. The summed E-state index contributed by atoms with van der Waals surface area (Å²) < 4.78 is 19.3. The van der Waals surface area contributed by atoms with Crippen LogP contribution in [0.25, 0.3) is 0 Å². The minimum Gasteiger partial charge on any atom is -0.455 e. The van der Waals surface area contributed by atoms with Gasteiger partial charge < -0.3 is 10.5 Å². The monoisotopic (exact) mass is 265 g/mol. The smallest absolute Gasteiger partial charge is 0.146 e. The number of hydrogen-bond acceptors (Lipinski definition) is 2. The molecule has 0 aromatic heterocycles. The largest absolute Gasteiger partial charge is 0.455 e. The van der Waals surface area contributed by atoms with Crippen LogP contribution in [0, 0.1) is 5.82 Å². The highest BCUT2D eigenvalue weighted by atomic mass is 35.5. The first-order valence-corrected chi connectivity index (χ1v) is 5.93. The van der Waals surface area contributed by atoms with Gasteiger partial charge in [-0.15, -0.1) is 0 Å². The second-order valence-electron chi connectivity index (χ2n) is 3.97. The van der Waals surface area contributed by atoms with Gasteiger partial charge in [-0.25, -0.2) is 4.39 Å². The molecule has 0 aliphatic carbocycles. The van der Waals surface area contributed by atoms with E-state index in [0.717, 1.165) is 0 Å². The highest BCUT2D eigenvalue weighted by Gasteiger charge is 2.14. The van der Waals surface area contributed by atoms with Gasteiger partial charge in [0.15, 0.2) is 0 Å². The fourth-order valence-electron chi connectivity index (χ4n) is 1.69. The molecule has 0 saturated carbocycles. The zero-order valence-electron chi connectivity index (χ0n) is 9.86. The Kier molecular flexibility index (Phi) is 3.84. The first-order chi connectivity index (χ1) is 8.59. The Morgan fingerprint density at radius 1 is 1.11 bits per heavy atom. The van der Waals surface area contributed by atoms with Crippen LogP contribution in [-0.4, -0.2) is 0 Å². The van der Waals surface area contributed by atoms with Crippen molar-refractivity contribution < 1.29 is 9.13 Å². The summed E-state index contributed by atoms with van der Waals surface area (Å²) in [5.74, 6) is 0.485. The molecule has 0 amide bonds. The van der Waals surface area contributed by atoms with E-state index in [2.05, 4.69) is 0 Å². The van der Waals surface area contributed by atoms with Crippen LogP contribution >= 0.6 is 11.6 Å². The van der Waals surface area contributed by atoms with Crippen LogP contribution in [0.1, 0.15) is 18.5 Å². The fourth-order valence-corrected chi connectivity index (χ4v) is 1.87. The van der Waals surface area contributed by atoms with Gasteiger partial charge in [-0.1, -0.05) is 29.8 Å². The Labute approximate surface area is 110 Å². The fraction of sp³-hybridized carbons (Fsp3) is 0.143. The molecular formula is C14H13ClFNO. The number of ether oxygens (including phenoxy) is 1. The summed E-state index contributed by atoms with van der Waals surface area (Å²) in [4.78, 5) is 0. The van der Waals surface area contributed by atoms with E-state index < -0.39 is 6.04 Å². The second kappa shape index (κ2) is 5.38. The summed E-state index contributed by atoms with van der Waals surface area (Å²) in [6.45, 7) is 1.71. The molecule has 1 atom stereocenters. The molecule has 0 spiro atoms. The Morgan fingerprint density at radius 2 is 1.78 bits per heavy atom. The molecule has 2 aromatic rings. The SMILES string of the molecule is C[C@H](N)c1c(F)cccc1Oc1ccccc1Cl. The number of halogens is 2. The summed E-state index contributed by atoms with van der Waals surface area (Å²) in [6.07, 6.45) is 0. The quantitative estimate of drug-likeness (QED) is 0.898.